The molecule has 1 aromatic carbocycles. The maximum atomic E-state index is 13.4. The molecule has 1 N–H and O–H groups in total. The lowest BCUT2D eigenvalue weighted by Crippen LogP contribution is -2.04. The summed E-state index contributed by atoms with van der Waals surface area (Å²) in [5.74, 6) is -0.804. The largest absolute Gasteiger partial charge is 0.359 e. The summed E-state index contributed by atoms with van der Waals surface area (Å²) in [5, 5.41) is 0. The fourth-order valence-corrected chi connectivity index (χ4v) is 1.43. The maximum Gasteiger partial charge on any atom is 0.212 e. The van der Waals surface area contributed by atoms with E-state index in [0.717, 1.165) is 5.56 Å². The highest BCUT2D eigenvalue weighted by atomic mass is 19.1. The molecule has 0 amide bonds. The molecule has 0 atom stereocenters. The molecule has 1 heterocycles. The third-order valence-electron chi connectivity index (χ3n) is 2.21. The molecule has 0 aliphatic rings. The molecule has 0 saturated carbocycles. The van der Waals surface area contributed by atoms with Gasteiger partial charge < -0.3 is 4.98 Å². The molecule has 76 valence electrons. The first kappa shape index (κ1) is 9.65. The minimum atomic E-state index is -0.486. The monoisotopic (exact) mass is 203 g/mol. The van der Waals surface area contributed by atoms with Gasteiger partial charge in [0, 0.05) is 6.20 Å². The molecule has 0 bridgehead atoms. The van der Waals surface area contributed by atoms with Crippen LogP contribution in [-0.2, 0) is 0 Å². The van der Waals surface area contributed by atoms with E-state index >= 15 is 0 Å². The fraction of sp³-hybridized carbons (Fsp3) is 0.0833. The van der Waals surface area contributed by atoms with Gasteiger partial charge in [0.1, 0.15) is 5.82 Å². The third kappa shape index (κ3) is 1.81. The van der Waals surface area contributed by atoms with E-state index in [1.54, 1.807) is 30.5 Å². The van der Waals surface area contributed by atoms with Crippen molar-refractivity contribution >= 4 is 5.78 Å². The van der Waals surface area contributed by atoms with Gasteiger partial charge in [-0.2, -0.15) is 0 Å². The summed E-state index contributed by atoms with van der Waals surface area (Å²) >= 11 is 0. The Morgan fingerprint density at radius 3 is 2.80 bits per heavy atom. The van der Waals surface area contributed by atoms with Crippen LogP contribution in [0.4, 0.5) is 4.39 Å². The first-order valence-corrected chi connectivity index (χ1v) is 4.63. The molecular formula is C12H10FNO. The normalized spacial score (nSPS) is 10.3. The summed E-state index contributed by atoms with van der Waals surface area (Å²) in [5.41, 5.74) is 1.38. The molecule has 2 nitrogen and oxygen atoms in total. The van der Waals surface area contributed by atoms with E-state index in [1.165, 1.54) is 6.07 Å². The second-order valence-corrected chi connectivity index (χ2v) is 3.40. The van der Waals surface area contributed by atoms with Crippen molar-refractivity contribution < 1.29 is 9.18 Å². The highest BCUT2D eigenvalue weighted by molar-refractivity contribution is 6.08. The maximum absolute atomic E-state index is 13.4. The van der Waals surface area contributed by atoms with Gasteiger partial charge in [0.05, 0.1) is 11.3 Å². The molecule has 0 fully saturated rings. The number of rotatable bonds is 2. The first-order valence-electron chi connectivity index (χ1n) is 4.63. The molecule has 3 heteroatoms. The lowest BCUT2D eigenvalue weighted by atomic mass is 10.1. The van der Waals surface area contributed by atoms with Gasteiger partial charge in [0.15, 0.2) is 0 Å². The van der Waals surface area contributed by atoms with E-state index in [4.69, 9.17) is 0 Å². The number of ketones is 1. The van der Waals surface area contributed by atoms with Crippen LogP contribution in [0.25, 0.3) is 0 Å². The molecule has 0 unspecified atom stereocenters. The van der Waals surface area contributed by atoms with Gasteiger partial charge in [0.2, 0.25) is 5.78 Å². The van der Waals surface area contributed by atoms with Crippen LogP contribution in [0.2, 0.25) is 0 Å². The highest BCUT2D eigenvalue weighted by Crippen LogP contribution is 2.14. The van der Waals surface area contributed by atoms with Gasteiger partial charge in [-0.25, -0.2) is 4.39 Å². The number of halogens is 1. The Balaban J connectivity index is 2.46. The predicted octanol–water partition coefficient (Wildman–Crippen LogP) is 2.69. The van der Waals surface area contributed by atoms with Crippen LogP contribution >= 0.6 is 0 Å². The standard InChI is InChI=1S/C12H10FNO/c1-8-4-5-10(13)9(7-8)12(15)11-3-2-6-14-11/h2-7,14H,1H3. The molecule has 15 heavy (non-hydrogen) atoms. The van der Waals surface area contributed by atoms with Crippen LogP contribution in [0.3, 0.4) is 0 Å². The van der Waals surface area contributed by atoms with E-state index < -0.39 is 5.82 Å². The minimum Gasteiger partial charge on any atom is -0.359 e. The highest BCUT2D eigenvalue weighted by Gasteiger charge is 2.14. The van der Waals surface area contributed by atoms with Crippen LogP contribution in [0.15, 0.2) is 36.5 Å². The number of aryl methyl sites for hydroxylation is 1. The Labute approximate surface area is 86.8 Å². The molecule has 0 saturated heterocycles. The molecular weight excluding hydrogens is 193 g/mol. The van der Waals surface area contributed by atoms with Crippen molar-refractivity contribution in [3.05, 3.63) is 59.2 Å². The molecule has 0 aliphatic heterocycles. The van der Waals surface area contributed by atoms with Gasteiger partial charge in [-0.1, -0.05) is 11.6 Å². The van der Waals surface area contributed by atoms with Crippen molar-refractivity contribution in [2.75, 3.05) is 0 Å². The number of aromatic nitrogens is 1. The Hall–Kier alpha value is -1.90. The smallest absolute Gasteiger partial charge is 0.212 e. The number of carbonyl (C=O) groups excluding carboxylic acids is 1. The number of carbonyl (C=O) groups is 1. The topological polar surface area (TPSA) is 32.9 Å². The van der Waals surface area contributed by atoms with Gasteiger partial charge in [0.25, 0.3) is 0 Å². The number of H-pyrrole nitrogens is 1. The summed E-state index contributed by atoms with van der Waals surface area (Å²) in [4.78, 5) is 14.6. The lowest BCUT2D eigenvalue weighted by Gasteiger charge is -2.01. The van der Waals surface area contributed by atoms with E-state index in [9.17, 15) is 9.18 Å². The van der Waals surface area contributed by atoms with Crippen molar-refractivity contribution in [2.24, 2.45) is 0 Å². The van der Waals surface area contributed by atoms with E-state index in [0.29, 0.717) is 5.69 Å². The Morgan fingerprint density at radius 1 is 1.33 bits per heavy atom. The van der Waals surface area contributed by atoms with Gasteiger partial charge in [-0.15, -0.1) is 0 Å². The van der Waals surface area contributed by atoms with Crippen molar-refractivity contribution in [3.8, 4) is 0 Å². The van der Waals surface area contributed by atoms with Crippen molar-refractivity contribution in [2.45, 2.75) is 6.92 Å². The number of hydrogen-bond donors (Lipinski definition) is 1. The number of nitrogens with one attached hydrogen (secondary N) is 1. The summed E-state index contributed by atoms with van der Waals surface area (Å²) in [6, 6.07) is 7.84. The molecule has 2 rings (SSSR count). The zero-order chi connectivity index (χ0) is 10.8. The van der Waals surface area contributed by atoms with E-state index in [-0.39, 0.29) is 11.3 Å². The van der Waals surface area contributed by atoms with E-state index in [1.807, 2.05) is 6.92 Å². The van der Waals surface area contributed by atoms with Crippen LogP contribution in [0.5, 0.6) is 0 Å². The first-order chi connectivity index (χ1) is 7.18. The van der Waals surface area contributed by atoms with Crippen molar-refractivity contribution in [1.82, 2.24) is 4.98 Å². The molecule has 1 aromatic heterocycles. The van der Waals surface area contributed by atoms with Crippen LogP contribution in [0, 0.1) is 12.7 Å². The molecule has 0 spiro atoms. The fourth-order valence-electron chi connectivity index (χ4n) is 1.43. The summed E-state index contributed by atoms with van der Waals surface area (Å²) in [6.45, 7) is 1.82. The summed E-state index contributed by atoms with van der Waals surface area (Å²) in [6.07, 6.45) is 1.64. The second-order valence-electron chi connectivity index (χ2n) is 3.40. The number of hydrogen-bond acceptors (Lipinski definition) is 1. The quantitative estimate of drug-likeness (QED) is 0.748. The zero-order valence-corrected chi connectivity index (χ0v) is 8.25. The summed E-state index contributed by atoms with van der Waals surface area (Å²) in [7, 11) is 0. The molecule has 2 aromatic rings. The second kappa shape index (κ2) is 3.69. The van der Waals surface area contributed by atoms with Gasteiger partial charge in [-0.05, 0) is 31.2 Å². The Bertz CT molecular complexity index is 488. The minimum absolute atomic E-state index is 0.109. The third-order valence-corrected chi connectivity index (χ3v) is 2.21. The Kier molecular flexibility index (Phi) is 2.37. The van der Waals surface area contributed by atoms with Crippen molar-refractivity contribution in [3.63, 3.8) is 0 Å². The van der Waals surface area contributed by atoms with Crippen LogP contribution in [-0.4, -0.2) is 10.8 Å². The molecule has 0 radical (unpaired) electrons. The summed E-state index contributed by atoms with van der Waals surface area (Å²) < 4.78 is 13.4. The van der Waals surface area contributed by atoms with Crippen LogP contribution < -0.4 is 0 Å². The SMILES string of the molecule is Cc1ccc(F)c(C(=O)c2ccc[nH]2)c1. The van der Waals surface area contributed by atoms with E-state index in [2.05, 4.69) is 4.98 Å². The number of benzene rings is 1. The van der Waals surface area contributed by atoms with Gasteiger partial charge >= 0.3 is 0 Å². The van der Waals surface area contributed by atoms with Crippen molar-refractivity contribution in [1.29, 1.82) is 0 Å². The predicted molar refractivity (Wildman–Crippen MR) is 55.4 cm³/mol. The zero-order valence-electron chi connectivity index (χ0n) is 8.25. The Morgan fingerprint density at radius 2 is 2.13 bits per heavy atom. The average molecular weight is 203 g/mol. The number of aromatic amines is 1. The lowest BCUT2D eigenvalue weighted by molar-refractivity contribution is 0.103. The van der Waals surface area contributed by atoms with Gasteiger partial charge in [-0.3, -0.25) is 4.79 Å². The van der Waals surface area contributed by atoms with Crippen LogP contribution in [0.1, 0.15) is 21.6 Å². The molecule has 0 aliphatic carbocycles. The average Bonchev–Trinajstić information content (AvgIpc) is 2.74.